The van der Waals surface area contributed by atoms with Crippen LogP contribution in [0, 0.1) is 0 Å². The molecule has 53 heavy (non-hydrogen) atoms. The van der Waals surface area contributed by atoms with Crippen LogP contribution >= 0.6 is 0 Å². The van der Waals surface area contributed by atoms with Crippen molar-refractivity contribution in [1.29, 1.82) is 0 Å². The van der Waals surface area contributed by atoms with Crippen molar-refractivity contribution in [3.63, 3.8) is 0 Å². The second kappa shape index (κ2) is 17.4. The maximum Gasteiger partial charge on any atom is 0.350 e. The molecule has 0 unspecified atom stereocenters. The van der Waals surface area contributed by atoms with E-state index in [2.05, 4.69) is 39.2 Å². The molecule has 1 heterocycles. The van der Waals surface area contributed by atoms with Gasteiger partial charge in [-0.25, -0.2) is 9.37 Å². The lowest BCUT2D eigenvalue weighted by atomic mass is 9.80. The average Bonchev–Trinajstić information content (AvgIpc) is 3.50. The highest BCUT2D eigenvalue weighted by Crippen LogP contribution is 2.39. The Morgan fingerprint density at radius 1 is 0.792 bits per heavy atom. The fourth-order valence-corrected chi connectivity index (χ4v) is 6.23. The molecule has 0 spiro atoms. The van der Waals surface area contributed by atoms with E-state index in [0.717, 1.165) is 29.4 Å². The van der Waals surface area contributed by atoms with E-state index in [9.17, 15) is 24.3 Å². The molecule has 3 aliphatic rings. The number of ketones is 1. The summed E-state index contributed by atoms with van der Waals surface area (Å²) in [5.41, 5.74) is 8.63. The second-order valence-corrected chi connectivity index (χ2v) is 12.5. The summed E-state index contributed by atoms with van der Waals surface area (Å²) in [6.45, 7) is 4.76. The van der Waals surface area contributed by atoms with Crippen molar-refractivity contribution in [2.75, 3.05) is 44.3 Å². The number of ether oxygens (including phenoxy) is 1. The van der Waals surface area contributed by atoms with Crippen molar-refractivity contribution in [2.24, 2.45) is 0 Å². The lowest BCUT2D eigenvalue weighted by Crippen LogP contribution is -2.37. The number of aliphatic hydroxyl groups is 1. The number of carbonyl (C=O) groups is 4. The lowest BCUT2D eigenvalue weighted by Gasteiger charge is -2.25. The number of allylic oxidation sites excluding steroid dienone is 7. The average molecular weight is 714 g/mol. The molecule has 2 N–H and O–H groups in total. The third-order valence-electron chi connectivity index (χ3n) is 9.03. The van der Waals surface area contributed by atoms with Crippen LogP contribution in [0.4, 0.5) is 5.69 Å². The van der Waals surface area contributed by atoms with E-state index in [1.165, 1.54) is 23.3 Å². The largest absolute Gasteiger partial charge is 0.506 e. The topological polar surface area (TPSA) is 128 Å². The third-order valence-corrected chi connectivity index (χ3v) is 9.03. The quantitative estimate of drug-likeness (QED) is 0.0718. The number of nitrogens with zero attached hydrogens (tertiary/aromatic N) is 3. The molecule has 3 aromatic rings. The van der Waals surface area contributed by atoms with Crippen LogP contribution in [-0.2, 0) is 41.8 Å². The van der Waals surface area contributed by atoms with Gasteiger partial charge in [0.05, 0.1) is 24.3 Å². The molecular weight excluding hydrogens is 672 g/mol. The summed E-state index contributed by atoms with van der Waals surface area (Å²) in [5, 5.41) is 11.1. The van der Waals surface area contributed by atoms with E-state index in [1.54, 1.807) is 0 Å². The lowest BCUT2D eigenvalue weighted by molar-refractivity contribution is -0.558. The van der Waals surface area contributed by atoms with Crippen molar-refractivity contribution in [1.82, 2.24) is 10.4 Å². The van der Waals surface area contributed by atoms with Crippen LogP contribution in [0.5, 0.6) is 0 Å². The van der Waals surface area contributed by atoms with Gasteiger partial charge in [-0.15, -0.1) is 0 Å². The van der Waals surface area contributed by atoms with Gasteiger partial charge in [0.15, 0.2) is 13.1 Å². The van der Waals surface area contributed by atoms with Gasteiger partial charge < -0.3 is 19.6 Å². The van der Waals surface area contributed by atoms with Gasteiger partial charge >= 0.3 is 5.97 Å². The number of likely N-dealkylation sites (N-methyl/N-ethyl adjacent to an activating group) is 1. The van der Waals surface area contributed by atoms with Crippen molar-refractivity contribution in [3.8, 4) is 0 Å². The van der Waals surface area contributed by atoms with Crippen LogP contribution < -0.4 is 10.4 Å². The molecule has 2 amide bonds. The standard InChI is InChI=1S/C42H40N4O7/c1-2-44(25-26-52-29-38(49)53-43-23-24-46-36(47)21-22-37(46)48)34-17-13-32(14-18-34)39-41(50)40(42(39)51)33-15-19-35(20-16-33)45(27-30-9-5-3-6-10-30)28-31-11-7-4-8-12-31/h3-22,43H,2,23-29H2,1H3/p+1. The third kappa shape index (κ3) is 9.01. The van der Waals surface area contributed by atoms with Crippen molar-refractivity contribution in [3.05, 3.63) is 155 Å². The van der Waals surface area contributed by atoms with Gasteiger partial charge in [0, 0.05) is 60.8 Å². The molecule has 6 rings (SSSR count). The fraction of sp³-hybridized carbons (Fsp3) is 0.214. The zero-order valence-corrected chi connectivity index (χ0v) is 29.4. The molecule has 3 aromatic carbocycles. The normalized spacial score (nSPS) is 15.1. The number of aliphatic hydroxyl groups excluding tert-OH is 1. The zero-order chi connectivity index (χ0) is 37.2. The molecule has 0 aromatic heterocycles. The van der Waals surface area contributed by atoms with E-state index >= 15 is 0 Å². The summed E-state index contributed by atoms with van der Waals surface area (Å²) < 4.78 is 7.77. The molecule has 11 nitrogen and oxygen atoms in total. The first kappa shape index (κ1) is 36.6. The zero-order valence-electron chi connectivity index (χ0n) is 29.4. The van der Waals surface area contributed by atoms with E-state index in [-0.39, 0.29) is 37.8 Å². The molecule has 11 heteroatoms. The Kier molecular flexibility index (Phi) is 12.0. The molecular formula is C42H41N4O7+. The first-order valence-electron chi connectivity index (χ1n) is 17.5. The molecule has 2 aliphatic carbocycles. The monoisotopic (exact) mass is 713 g/mol. The van der Waals surface area contributed by atoms with Crippen LogP contribution in [0.2, 0.25) is 0 Å². The van der Waals surface area contributed by atoms with Crippen LogP contribution in [0.25, 0.3) is 5.57 Å². The summed E-state index contributed by atoms with van der Waals surface area (Å²) in [7, 11) is 0. The predicted octanol–water partition coefficient (Wildman–Crippen LogP) is 4.63. The maximum absolute atomic E-state index is 13.4. The SMILES string of the molecule is CCN(CCOCC(=O)ONCCN1C(=O)C=CC1=O)c1ccc(C2=C(O)C(=C3C=CC(=[N+](Cc4ccccc4)Cc4ccccc4)C=C3)C2=O)cc1. The molecule has 0 radical (unpaired) electrons. The summed E-state index contributed by atoms with van der Waals surface area (Å²) in [4.78, 5) is 56.5. The highest BCUT2D eigenvalue weighted by Gasteiger charge is 2.36. The highest BCUT2D eigenvalue weighted by molar-refractivity contribution is 6.39. The van der Waals surface area contributed by atoms with E-state index in [4.69, 9.17) is 9.57 Å². The highest BCUT2D eigenvalue weighted by atomic mass is 16.7. The first-order chi connectivity index (χ1) is 25.8. The Balaban J connectivity index is 1.02. The van der Waals surface area contributed by atoms with Crippen LogP contribution in [-0.4, -0.2) is 83.3 Å². The van der Waals surface area contributed by atoms with Crippen molar-refractivity contribution in [2.45, 2.75) is 20.0 Å². The van der Waals surface area contributed by atoms with Gasteiger partial charge in [-0.3, -0.25) is 19.3 Å². The van der Waals surface area contributed by atoms with Gasteiger partial charge in [0.2, 0.25) is 11.5 Å². The number of imide groups is 1. The van der Waals surface area contributed by atoms with Crippen LogP contribution in [0.3, 0.4) is 0 Å². The van der Waals surface area contributed by atoms with Crippen molar-refractivity contribution >= 4 is 40.5 Å². The van der Waals surface area contributed by atoms with Crippen LogP contribution in [0.1, 0.15) is 23.6 Å². The van der Waals surface area contributed by atoms with Gasteiger partial charge in [-0.05, 0) is 42.3 Å². The second-order valence-electron chi connectivity index (χ2n) is 12.5. The summed E-state index contributed by atoms with van der Waals surface area (Å²) in [5.74, 6) is -1.66. The van der Waals surface area contributed by atoms with Gasteiger partial charge in [-0.2, -0.15) is 5.48 Å². The summed E-state index contributed by atoms with van der Waals surface area (Å²) >= 11 is 0. The number of rotatable bonds is 16. The minimum Gasteiger partial charge on any atom is -0.506 e. The summed E-state index contributed by atoms with van der Waals surface area (Å²) in [6.07, 6.45) is 10.1. The smallest absolute Gasteiger partial charge is 0.350 e. The number of anilines is 1. The Labute approximate surface area is 308 Å². The van der Waals surface area contributed by atoms with Gasteiger partial charge in [0.1, 0.15) is 12.4 Å². The Morgan fingerprint density at radius 3 is 1.96 bits per heavy atom. The number of Topliss-reactive ketones (excluding diaryl/α,β-unsaturated/α-hetero) is 1. The molecule has 0 saturated carbocycles. The Morgan fingerprint density at radius 2 is 1.40 bits per heavy atom. The molecule has 0 atom stereocenters. The Hall–Kier alpha value is -6.17. The number of hydrogen-bond acceptors (Lipinski definition) is 9. The number of nitrogens with one attached hydrogen (secondary N) is 1. The molecule has 1 aliphatic heterocycles. The number of hydroxylamine groups is 1. The fourth-order valence-electron chi connectivity index (χ4n) is 6.23. The van der Waals surface area contributed by atoms with E-state index < -0.39 is 17.8 Å². The number of benzene rings is 3. The van der Waals surface area contributed by atoms with Gasteiger partial charge in [-0.1, -0.05) is 72.8 Å². The number of hydrogen-bond donors (Lipinski definition) is 2. The molecule has 0 fully saturated rings. The molecule has 0 bridgehead atoms. The summed E-state index contributed by atoms with van der Waals surface area (Å²) in [6, 6.07) is 28.0. The van der Waals surface area contributed by atoms with Gasteiger partial charge in [0.25, 0.3) is 11.8 Å². The van der Waals surface area contributed by atoms with Crippen LogP contribution in [0.15, 0.2) is 138 Å². The number of amides is 2. The first-order valence-corrected chi connectivity index (χ1v) is 17.5. The van der Waals surface area contributed by atoms with E-state index in [0.29, 0.717) is 35.4 Å². The minimum absolute atomic E-state index is 0.0157. The molecule has 0 saturated heterocycles. The van der Waals surface area contributed by atoms with Crippen molar-refractivity contribution < 1.29 is 38.4 Å². The number of carbonyl (C=O) groups excluding carboxylic acids is 4. The predicted molar refractivity (Wildman–Crippen MR) is 201 cm³/mol. The Bertz CT molecular complexity index is 1970. The maximum atomic E-state index is 13.4. The minimum atomic E-state index is -0.631. The van der Waals surface area contributed by atoms with E-state index in [1.807, 2.05) is 91.9 Å². The molecule has 270 valence electrons.